The SMILES string of the molecule is CC(C)[Si](Oc1ccc(-c2ccccc2)cc1)(C(C)C)C(C)C. The molecule has 1 nitrogen and oxygen atoms in total. The number of hydrogen-bond donors (Lipinski definition) is 0. The number of hydrogen-bond acceptors (Lipinski definition) is 1. The molecule has 0 amide bonds. The molecule has 0 saturated heterocycles. The van der Waals surface area contributed by atoms with Crippen molar-refractivity contribution in [2.24, 2.45) is 0 Å². The Morgan fingerprint density at radius 2 is 1.04 bits per heavy atom. The first-order valence-corrected chi connectivity index (χ1v) is 10.9. The molecule has 0 unspecified atom stereocenters. The third-order valence-electron chi connectivity index (χ3n) is 4.96. The molecule has 0 aromatic heterocycles. The van der Waals surface area contributed by atoms with E-state index in [2.05, 4.69) is 96.1 Å². The van der Waals surface area contributed by atoms with Gasteiger partial charge in [-0.3, -0.25) is 0 Å². The maximum Gasteiger partial charge on any atom is 0.258 e. The minimum absolute atomic E-state index is 0.594. The Morgan fingerprint density at radius 1 is 0.609 bits per heavy atom. The molecule has 0 aliphatic carbocycles. The van der Waals surface area contributed by atoms with Gasteiger partial charge in [0.1, 0.15) is 5.75 Å². The van der Waals surface area contributed by atoms with Crippen LogP contribution in [0, 0.1) is 0 Å². The van der Waals surface area contributed by atoms with E-state index in [-0.39, 0.29) is 0 Å². The summed E-state index contributed by atoms with van der Waals surface area (Å²) in [5.74, 6) is 1.02. The molecule has 0 aliphatic rings. The normalized spacial score (nSPS) is 12.2. The Bertz CT molecular complexity index is 578. The maximum absolute atomic E-state index is 6.72. The van der Waals surface area contributed by atoms with Gasteiger partial charge in [-0.1, -0.05) is 84.0 Å². The maximum atomic E-state index is 6.72. The second-order valence-electron chi connectivity index (χ2n) is 7.31. The van der Waals surface area contributed by atoms with Crippen molar-refractivity contribution in [3.05, 3.63) is 54.6 Å². The highest BCUT2D eigenvalue weighted by Gasteiger charge is 2.46. The van der Waals surface area contributed by atoms with E-state index in [4.69, 9.17) is 4.43 Å². The molecule has 0 fully saturated rings. The average molecular weight is 327 g/mol. The van der Waals surface area contributed by atoms with Crippen LogP contribution in [0.2, 0.25) is 16.6 Å². The highest BCUT2D eigenvalue weighted by molar-refractivity contribution is 6.78. The summed E-state index contributed by atoms with van der Waals surface area (Å²) < 4.78 is 6.72. The highest BCUT2D eigenvalue weighted by atomic mass is 28.4. The summed E-state index contributed by atoms with van der Waals surface area (Å²) in [5.41, 5.74) is 4.27. The van der Waals surface area contributed by atoms with Gasteiger partial charge < -0.3 is 4.43 Å². The van der Waals surface area contributed by atoms with E-state index in [0.29, 0.717) is 16.6 Å². The highest BCUT2D eigenvalue weighted by Crippen LogP contribution is 2.42. The van der Waals surface area contributed by atoms with Crippen molar-refractivity contribution in [3.63, 3.8) is 0 Å². The molecule has 2 rings (SSSR count). The van der Waals surface area contributed by atoms with Crippen molar-refractivity contribution < 1.29 is 4.43 Å². The minimum Gasteiger partial charge on any atom is -0.543 e. The third kappa shape index (κ3) is 3.69. The van der Waals surface area contributed by atoms with Crippen LogP contribution in [-0.2, 0) is 0 Å². The lowest BCUT2D eigenvalue weighted by atomic mass is 10.1. The Labute approximate surface area is 142 Å². The molecule has 2 heteroatoms. The number of rotatable bonds is 6. The predicted molar refractivity (Wildman–Crippen MR) is 104 cm³/mol. The molecule has 0 radical (unpaired) electrons. The summed E-state index contributed by atoms with van der Waals surface area (Å²) in [5, 5.41) is 0. The van der Waals surface area contributed by atoms with Gasteiger partial charge in [0.05, 0.1) is 0 Å². The zero-order valence-electron chi connectivity index (χ0n) is 15.3. The fourth-order valence-corrected chi connectivity index (χ4v) is 9.16. The average Bonchev–Trinajstić information content (AvgIpc) is 2.53. The molecule has 0 atom stereocenters. The Kier molecular flexibility index (Phi) is 5.69. The fourth-order valence-electron chi connectivity index (χ4n) is 3.90. The van der Waals surface area contributed by atoms with Gasteiger partial charge in [0, 0.05) is 0 Å². The molecule has 0 saturated carbocycles. The summed E-state index contributed by atoms with van der Waals surface area (Å²) in [6.07, 6.45) is 0. The summed E-state index contributed by atoms with van der Waals surface area (Å²) in [7, 11) is -1.87. The van der Waals surface area contributed by atoms with Crippen LogP contribution in [0.1, 0.15) is 41.5 Å². The van der Waals surface area contributed by atoms with E-state index in [1.165, 1.54) is 11.1 Å². The standard InChI is InChI=1S/C21H30OSi/c1-16(2)23(17(3)4,18(5)6)22-21-14-12-20(13-15-21)19-10-8-7-9-11-19/h7-18H,1-6H3. The van der Waals surface area contributed by atoms with E-state index in [1.54, 1.807) is 0 Å². The first-order chi connectivity index (χ1) is 10.9. The van der Waals surface area contributed by atoms with Gasteiger partial charge >= 0.3 is 0 Å². The van der Waals surface area contributed by atoms with E-state index in [1.807, 2.05) is 0 Å². The van der Waals surface area contributed by atoms with Gasteiger partial charge in [0.15, 0.2) is 0 Å². The quantitative estimate of drug-likeness (QED) is 0.524. The Balaban J connectivity index is 2.28. The summed E-state index contributed by atoms with van der Waals surface area (Å²) in [6, 6.07) is 19.1. The second kappa shape index (κ2) is 7.35. The summed E-state index contributed by atoms with van der Waals surface area (Å²) in [6.45, 7) is 13.9. The Hall–Kier alpha value is -1.54. The summed E-state index contributed by atoms with van der Waals surface area (Å²) in [4.78, 5) is 0. The van der Waals surface area contributed by atoms with Crippen LogP contribution < -0.4 is 4.43 Å². The number of benzene rings is 2. The zero-order valence-corrected chi connectivity index (χ0v) is 16.3. The molecule has 0 heterocycles. The third-order valence-corrected chi connectivity index (χ3v) is 11.0. The van der Waals surface area contributed by atoms with Crippen LogP contribution >= 0.6 is 0 Å². The van der Waals surface area contributed by atoms with Crippen LogP contribution in [-0.4, -0.2) is 8.32 Å². The lowest BCUT2D eigenvalue weighted by Gasteiger charge is -2.42. The smallest absolute Gasteiger partial charge is 0.258 e. The molecular weight excluding hydrogens is 296 g/mol. The van der Waals surface area contributed by atoms with Crippen molar-refractivity contribution in [1.29, 1.82) is 0 Å². The molecule has 2 aromatic rings. The molecule has 2 aromatic carbocycles. The van der Waals surface area contributed by atoms with Crippen molar-refractivity contribution in [2.75, 3.05) is 0 Å². The monoisotopic (exact) mass is 326 g/mol. The van der Waals surface area contributed by atoms with Gasteiger partial charge in [0.2, 0.25) is 0 Å². The second-order valence-corrected chi connectivity index (χ2v) is 12.7. The molecule has 124 valence electrons. The first-order valence-electron chi connectivity index (χ1n) is 8.72. The predicted octanol–water partition coefficient (Wildman–Crippen LogP) is 6.91. The van der Waals surface area contributed by atoms with Crippen molar-refractivity contribution >= 4 is 8.32 Å². The van der Waals surface area contributed by atoms with Crippen LogP contribution in [0.5, 0.6) is 5.75 Å². The molecule has 23 heavy (non-hydrogen) atoms. The van der Waals surface area contributed by atoms with E-state index in [0.717, 1.165) is 5.75 Å². The topological polar surface area (TPSA) is 9.23 Å². The Morgan fingerprint density at radius 3 is 1.48 bits per heavy atom. The van der Waals surface area contributed by atoms with Crippen LogP contribution in [0.15, 0.2) is 54.6 Å². The van der Waals surface area contributed by atoms with Crippen molar-refractivity contribution in [1.82, 2.24) is 0 Å². The van der Waals surface area contributed by atoms with Crippen molar-refractivity contribution in [2.45, 2.75) is 58.2 Å². The van der Waals surface area contributed by atoms with Gasteiger partial charge in [0.25, 0.3) is 8.32 Å². The molecule has 0 spiro atoms. The van der Waals surface area contributed by atoms with Gasteiger partial charge in [-0.15, -0.1) is 0 Å². The molecule has 0 aliphatic heterocycles. The van der Waals surface area contributed by atoms with Crippen molar-refractivity contribution in [3.8, 4) is 16.9 Å². The zero-order chi connectivity index (χ0) is 17.0. The molecular formula is C21H30OSi. The van der Waals surface area contributed by atoms with E-state index >= 15 is 0 Å². The first kappa shape index (κ1) is 17.8. The van der Waals surface area contributed by atoms with E-state index in [9.17, 15) is 0 Å². The van der Waals surface area contributed by atoms with Gasteiger partial charge in [-0.05, 0) is 39.9 Å². The van der Waals surface area contributed by atoms with Gasteiger partial charge in [-0.25, -0.2) is 0 Å². The van der Waals surface area contributed by atoms with E-state index < -0.39 is 8.32 Å². The lowest BCUT2D eigenvalue weighted by Crippen LogP contribution is -2.50. The van der Waals surface area contributed by atoms with Gasteiger partial charge in [-0.2, -0.15) is 0 Å². The van der Waals surface area contributed by atoms with Crippen LogP contribution in [0.4, 0.5) is 0 Å². The lowest BCUT2D eigenvalue weighted by molar-refractivity contribution is 0.480. The largest absolute Gasteiger partial charge is 0.543 e. The fraction of sp³-hybridized carbons (Fsp3) is 0.429. The van der Waals surface area contributed by atoms with Crippen LogP contribution in [0.25, 0.3) is 11.1 Å². The van der Waals surface area contributed by atoms with Crippen LogP contribution in [0.3, 0.4) is 0 Å². The molecule has 0 bridgehead atoms. The minimum atomic E-state index is -1.87. The molecule has 0 N–H and O–H groups in total. The summed E-state index contributed by atoms with van der Waals surface area (Å²) >= 11 is 0.